The van der Waals surface area contributed by atoms with E-state index < -0.39 is 54.3 Å². The van der Waals surface area contributed by atoms with Gasteiger partial charge in [0.15, 0.2) is 18.5 Å². The van der Waals surface area contributed by atoms with Gasteiger partial charge in [-0.2, -0.15) is 0 Å². The van der Waals surface area contributed by atoms with Crippen LogP contribution in [-0.2, 0) is 38.1 Å². The van der Waals surface area contributed by atoms with E-state index >= 15 is 0 Å². The number of carbonyl (C=O) groups is 4. The number of carbonyl (C=O) groups excluding carboxylic acids is 4. The monoisotopic (exact) mass is 516 g/mol. The van der Waals surface area contributed by atoms with Crippen LogP contribution in [0.15, 0.2) is 24.3 Å². The Morgan fingerprint density at radius 1 is 0.865 bits per heavy atom. The minimum absolute atomic E-state index is 0.359. The molecule has 1 heterocycles. The number of benzene rings is 1. The normalized spacial score (nSPS) is 18.8. The zero-order valence-electron chi connectivity index (χ0n) is 21.8. The maximum Gasteiger partial charge on any atom is 0.328 e. The molecule has 1 aromatic rings. The Kier molecular flexibility index (Phi) is 12.1. The molecule has 2 N–H and O–H groups in total. The van der Waals surface area contributed by atoms with Crippen LogP contribution < -0.4 is 10.6 Å². The number of unbranched alkanes of at least 4 members (excludes halogenated alkanes) is 2. The second-order valence-corrected chi connectivity index (χ2v) is 8.66. The molecule has 1 aliphatic rings. The van der Waals surface area contributed by atoms with Crippen molar-refractivity contribution in [3.8, 4) is 12.3 Å². The molecule has 0 radical (unpaired) electrons. The molecular formula is C27H36N2O8. The summed E-state index contributed by atoms with van der Waals surface area (Å²) in [7, 11) is 2.47. The van der Waals surface area contributed by atoms with Crippen LogP contribution in [0.2, 0.25) is 0 Å². The van der Waals surface area contributed by atoms with E-state index in [9.17, 15) is 19.2 Å². The largest absolute Gasteiger partial charge is 0.467 e. The summed E-state index contributed by atoms with van der Waals surface area (Å²) in [5, 5.41) is 5.25. The zero-order chi connectivity index (χ0) is 27.4. The number of nitrogens with one attached hydrogen (secondary N) is 2. The molecule has 4 atom stereocenters. The van der Waals surface area contributed by atoms with E-state index in [0.29, 0.717) is 36.8 Å². The van der Waals surface area contributed by atoms with Crippen LogP contribution in [0.3, 0.4) is 0 Å². The molecule has 1 aromatic carbocycles. The lowest BCUT2D eigenvalue weighted by Gasteiger charge is -2.22. The van der Waals surface area contributed by atoms with E-state index in [1.165, 1.54) is 14.2 Å². The van der Waals surface area contributed by atoms with Crippen molar-refractivity contribution >= 4 is 23.8 Å². The Labute approximate surface area is 217 Å². The molecule has 0 aliphatic carbocycles. The van der Waals surface area contributed by atoms with E-state index in [1.807, 2.05) is 13.8 Å². The summed E-state index contributed by atoms with van der Waals surface area (Å²) in [5.41, 5.74) is 1.18. The van der Waals surface area contributed by atoms with E-state index in [0.717, 1.165) is 12.8 Å². The van der Waals surface area contributed by atoms with Crippen molar-refractivity contribution in [1.82, 2.24) is 10.6 Å². The molecule has 0 unspecified atom stereocenters. The first kappa shape index (κ1) is 29.8. The second-order valence-electron chi connectivity index (χ2n) is 8.66. The molecule has 1 fully saturated rings. The number of terminal acetylenes is 1. The van der Waals surface area contributed by atoms with Gasteiger partial charge in [0.05, 0.1) is 14.2 Å². The topological polar surface area (TPSA) is 129 Å². The minimum atomic E-state index is -1.39. The van der Waals surface area contributed by atoms with Gasteiger partial charge in [-0.25, -0.2) is 9.59 Å². The lowest BCUT2D eigenvalue weighted by atomic mass is 10.1. The van der Waals surface area contributed by atoms with Gasteiger partial charge in [-0.1, -0.05) is 57.6 Å². The number of methoxy groups -OCH3 is 2. The standard InChI is InChI=1S/C27H36N2O8/c1-6-9-11-19(25(32)34-4)28-23(30)21-22(24(31)29-20(12-10-7-2)26(33)35-5)37-27(36-21)18-15-13-17(8-3)14-16-18/h3,13-16,19-22,27H,6-7,9-12H2,1-2,4-5H3,(H,28,30)(H,29,31)/t19-,20-,21+,22+/m0/s1. The fraction of sp³-hybridized carbons (Fsp3) is 0.556. The predicted octanol–water partition coefficient (Wildman–Crippen LogP) is 2.15. The Balaban J connectivity index is 2.29. The summed E-state index contributed by atoms with van der Waals surface area (Å²) in [6, 6.07) is 4.89. The van der Waals surface area contributed by atoms with Crippen molar-refractivity contribution in [3.63, 3.8) is 0 Å². The minimum Gasteiger partial charge on any atom is -0.467 e. The van der Waals surface area contributed by atoms with Crippen LogP contribution >= 0.6 is 0 Å². The van der Waals surface area contributed by atoms with Crippen LogP contribution in [0.25, 0.3) is 0 Å². The highest BCUT2D eigenvalue weighted by Gasteiger charge is 2.47. The fourth-order valence-electron chi connectivity index (χ4n) is 3.84. The Hall–Kier alpha value is -3.42. The van der Waals surface area contributed by atoms with Gasteiger partial charge in [0.2, 0.25) is 0 Å². The average molecular weight is 517 g/mol. The second kappa shape index (κ2) is 15.0. The Bertz CT molecular complexity index is 922. The van der Waals surface area contributed by atoms with Crippen molar-refractivity contribution in [2.45, 2.75) is 83.0 Å². The molecule has 1 saturated heterocycles. The summed E-state index contributed by atoms with van der Waals surface area (Å²) in [5.74, 6) is -0.118. The van der Waals surface area contributed by atoms with Gasteiger partial charge in [0.25, 0.3) is 11.8 Å². The quantitative estimate of drug-likeness (QED) is 0.301. The summed E-state index contributed by atoms with van der Waals surface area (Å²) >= 11 is 0. The van der Waals surface area contributed by atoms with E-state index in [-0.39, 0.29) is 0 Å². The van der Waals surface area contributed by atoms with Crippen molar-refractivity contribution in [2.24, 2.45) is 0 Å². The van der Waals surface area contributed by atoms with E-state index in [1.54, 1.807) is 24.3 Å². The van der Waals surface area contributed by atoms with E-state index in [4.69, 9.17) is 25.4 Å². The van der Waals surface area contributed by atoms with Crippen LogP contribution in [0.4, 0.5) is 0 Å². The van der Waals surface area contributed by atoms with Gasteiger partial charge in [-0.15, -0.1) is 6.42 Å². The molecule has 0 spiro atoms. The number of rotatable bonds is 13. The number of ether oxygens (including phenoxy) is 4. The first-order valence-corrected chi connectivity index (χ1v) is 12.4. The first-order valence-electron chi connectivity index (χ1n) is 12.4. The van der Waals surface area contributed by atoms with Gasteiger partial charge in [-0.05, 0) is 25.0 Å². The molecule has 10 heteroatoms. The lowest BCUT2D eigenvalue weighted by molar-refractivity contribution is -0.148. The summed E-state index contributed by atoms with van der Waals surface area (Å²) in [6.45, 7) is 3.91. The van der Waals surface area contributed by atoms with Crippen LogP contribution in [0.5, 0.6) is 0 Å². The summed E-state index contributed by atoms with van der Waals surface area (Å²) in [6.07, 6.45) is 5.25. The third-order valence-corrected chi connectivity index (χ3v) is 5.98. The van der Waals surface area contributed by atoms with Crippen molar-refractivity contribution < 1.29 is 38.1 Å². The molecule has 37 heavy (non-hydrogen) atoms. The maximum atomic E-state index is 13.3. The third kappa shape index (κ3) is 8.30. The van der Waals surface area contributed by atoms with Crippen molar-refractivity contribution in [2.75, 3.05) is 14.2 Å². The van der Waals surface area contributed by atoms with Gasteiger partial charge in [0.1, 0.15) is 12.1 Å². The number of esters is 2. The Morgan fingerprint density at radius 2 is 1.30 bits per heavy atom. The van der Waals surface area contributed by atoms with Crippen molar-refractivity contribution in [1.29, 1.82) is 0 Å². The highest BCUT2D eigenvalue weighted by Crippen LogP contribution is 2.32. The van der Waals surface area contributed by atoms with Crippen LogP contribution in [0.1, 0.15) is 69.8 Å². The molecule has 2 rings (SSSR count). The molecule has 10 nitrogen and oxygen atoms in total. The molecule has 0 bridgehead atoms. The highest BCUT2D eigenvalue weighted by molar-refractivity contribution is 5.95. The highest BCUT2D eigenvalue weighted by atomic mass is 16.7. The van der Waals surface area contributed by atoms with Gasteiger partial charge < -0.3 is 29.6 Å². The summed E-state index contributed by atoms with van der Waals surface area (Å²) < 4.78 is 21.4. The molecule has 0 saturated carbocycles. The number of hydrogen-bond donors (Lipinski definition) is 2. The van der Waals surface area contributed by atoms with Gasteiger partial charge in [0, 0.05) is 11.1 Å². The van der Waals surface area contributed by atoms with Crippen LogP contribution in [0, 0.1) is 12.3 Å². The van der Waals surface area contributed by atoms with E-state index in [2.05, 4.69) is 16.6 Å². The zero-order valence-corrected chi connectivity index (χ0v) is 21.8. The maximum absolute atomic E-state index is 13.3. The third-order valence-electron chi connectivity index (χ3n) is 5.98. The van der Waals surface area contributed by atoms with Gasteiger partial charge in [-0.3, -0.25) is 9.59 Å². The van der Waals surface area contributed by atoms with Crippen LogP contribution in [-0.4, -0.2) is 62.3 Å². The number of amides is 2. The smallest absolute Gasteiger partial charge is 0.328 e. The average Bonchev–Trinajstić information content (AvgIpc) is 3.38. The predicted molar refractivity (Wildman–Crippen MR) is 134 cm³/mol. The first-order chi connectivity index (χ1) is 17.8. The SMILES string of the molecule is C#Cc1ccc(C2O[C@@H](C(=O)N[C@@H](CCCC)C(=O)OC)[C@H](C(=O)N[C@@H](CCCC)C(=O)OC)O2)cc1. The fourth-order valence-corrected chi connectivity index (χ4v) is 3.84. The lowest BCUT2D eigenvalue weighted by Crippen LogP contribution is -2.54. The number of hydrogen-bond acceptors (Lipinski definition) is 8. The molecule has 0 aromatic heterocycles. The summed E-state index contributed by atoms with van der Waals surface area (Å²) in [4.78, 5) is 51.0. The molecule has 1 aliphatic heterocycles. The molecular weight excluding hydrogens is 480 g/mol. The Morgan fingerprint density at radius 3 is 1.65 bits per heavy atom. The van der Waals surface area contributed by atoms with Gasteiger partial charge >= 0.3 is 11.9 Å². The molecule has 2 amide bonds. The van der Waals surface area contributed by atoms with Crippen molar-refractivity contribution in [3.05, 3.63) is 35.4 Å². The molecule has 202 valence electrons.